The average Bonchev–Trinajstić information content (AvgIpc) is 3.39. The van der Waals surface area contributed by atoms with E-state index >= 15 is 0 Å². The Kier molecular flexibility index (Phi) is 6.15. The number of amides is 2. The van der Waals surface area contributed by atoms with Crippen molar-refractivity contribution in [3.63, 3.8) is 0 Å². The average molecular weight is 539 g/mol. The monoisotopic (exact) mass is 538 g/mol. The van der Waals surface area contributed by atoms with Crippen molar-refractivity contribution in [1.29, 1.82) is 0 Å². The van der Waals surface area contributed by atoms with Crippen LogP contribution in [0.5, 0.6) is 0 Å². The second kappa shape index (κ2) is 8.80. The van der Waals surface area contributed by atoms with Crippen LogP contribution in [0.25, 0.3) is 10.9 Å². The normalized spacial score (nSPS) is 24.5. The number of hydrogen-bond acceptors (Lipinski definition) is 7. The Morgan fingerprint density at radius 3 is 2.58 bits per heavy atom. The highest BCUT2D eigenvalue weighted by atomic mass is 35.5. The second-order valence-corrected chi connectivity index (χ2v) is 12.0. The van der Waals surface area contributed by atoms with Crippen LogP contribution in [0, 0.1) is 0 Å². The van der Waals surface area contributed by atoms with E-state index in [-0.39, 0.29) is 37.2 Å². The molecular weight excluding hydrogens is 512 g/mol. The van der Waals surface area contributed by atoms with Crippen LogP contribution >= 0.6 is 11.6 Å². The van der Waals surface area contributed by atoms with Gasteiger partial charge in [-0.25, -0.2) is 8.42 Å². The molecule has 0 radical (unpaired) electrons. The maximum atomic E-state index is 13.6. The molecule has 1 aromatic carbocycles. The number of aromatic nitrogens is 1. The van der Waals surface area contributed by atoms with Gasteiger partial charge < -0.3 is 24.3 Å². The largest absolute Gasteiger partial charge is 0.380 e. The molecule has 3 saturated heterocycles. The predicted octanol–water partition coefficient (Wildman–Crippen LogP) is 0.977. The summed E-state index contributed by atoms with van der Waals surface area (Å²) in [5.41, 5.74) is -1.46. The topological polar surface area (TPSA) is 129 Å². The Balaban J connectivity index is 1.42. The van der Waals surface area contributed by atoms with E-state index in [2.05, 4.69) is 4.98 Å². The van der Waals surface area contributed by atoms with Crippen molar-refractivity contribution in [2.45, 2.75) is 36.1 Å². The summed E-state index contributed by atoms with van der Waals surface area (Å²) in [6.07, 6.45) is 0.827. The Morgan fingerprint density at radius 2 is 1.92 bits per heavy atom. The lowest BCUT2D eigenvalue weighted by Gasteiger charge is -2.44. The first-order valence-corrected chi connectivity index (χ1v) is 13.4. The number of fused-ring (bicyclic) bond motifs is 2. The fourth-order valence-corrected chi connectivity index (χ4v) is 7.05. The number of hydrogen-bond donors (Lipinski definition) is 1. The van der Waals surface area contributed by atoms with Crippen molar-refractivity contribution in [2.75, 3.05) is 46.4 Å². The summed E-state index contributed by atoms with van der Waals surface area (Å²) < 4.78 is 40.3. The zero-order valence-electron chi connectivity index (χ0n) is 20.0. The van der Waals surface area contributed by atoms with E-state index in [1.165, 1.54) is 25.0 Å². The maximum absolute atomic E-state index is 13.6. The fraction of sp³-hybridized carbons (Fsp3) is 0.522. The lowest BCUT2D eigenvalue weighted by Crippen LogP contribution is -2.65. The Bertz CT molecular complexity index is 1350. The van der Waals surface area contributed by atoms with Crippen molar-refractivity contribution in [3.05, 3.63) is 29.3 Å². The van der Waals surface area contributed by atoms with Gasteiger partial charge in [-0.2, -0.15) is 4.31 Å². The number of ether oxygens (including phenoxy) is 2. The minimum atomic E-state index is -4.08. The molecule has 0 aliphatic carbocycles. The number of sulfonamides is 1. The van der Waals surface area contributed by atoms with E-state index in [0.29, 0.717) is 41.9 Å². The number of benzene rings is 1. The van der Waals surface area contributed by atoms with E-state index in [4.69, 9.17) is 21.1 Å². The summed E-state index contributed by atoms with van der Waals surface area (Å²) >= 11 is 6.04. The Labute approximate surface area is 213 Å². The molecule has 0 bridgehead atoms. The zero-order valence-corrected chi connectivity index (χ0v) is 21.5. The smallest absolute Gasteiger partial charge is 0.289 e. The number of H-pyrrole nitrogens is 1. The predicted molar refractivity (Wildman–Crippen MR) is 129 cm³/mol. The van der Waals surface area contributed by atoms with Crippen LogP contribution in [0.15, 0.2) is 29.3 Å². The number of Topliss-reactive ketones (excluding diaryl/α,β-unsaturated/α-hetero) is 1. The molecule has 5 rings (SSSR count). The molecule has 1 spiro atoms. The second-order valence-electron chi connectivity index (χ2n) is 9.63. The van der Waals surface area contributed by atoms with E-state index < -0.39 is 33.0 Å². The highest BCUT2D eigenvalue weighted by Gasteiger charge is 2.61. The Morgan fingerprint density at radius 1 is 1.19 bits per heavy atom. The summed E-state index contributed by atoms with van der Waals surface area (Å²) in [4.78, 5) is 42.9. The number of nitrogens with one attached hydrogen (secondary N) is 1. The highest BCUT2D eigenvalue weighted by Crippen LogP contribution is 2.44. The molecule has 194 valence electrons. The summed E-state index contributed by atoms with van der Waals surface area (Å²) in [7, 11) is -2.61. The van der Waals surface area contributed by atoms with Crippen LogP contribution in [-0.4, -0.2) is 103 Å². The SMILES string of the molecule is COCC12CN(S(=O)(=O)c3cc4cc(Cl)ccc4[nH]3)CC(=O)N1CC1(CCN(C(=O)C(C)=O)CC1)O2. The van der Waals surface area contributed by atoms with Gasteiger partial charge in [0, 0.05) is 43.0 Å². The third-order valence-electron chi connectivity index (χ3n) is 7.19. The fourth-order valence-electron chi connectivity index (χ4n) is 5.43. The Hall–Kier alpha value is -2.51. The van der Waals surface area contributed by atoms with Gasteiger partial charge in [0.05, 0.1) is 31.8 Å². The third-order valence-corrected chi connectivity index (χ3v) is 9.14. The summed E-state index contributed by atoms with van der Waals surface area (Å²) in [6.45, 7) is 1.65. The van der Waals surface area contributed by atoms with Gasteiger partial charge in [-0.15, -0.1) is 0 Å². The van der Waals surface area contributed by atoms with E-state index in [0.717, 1.165) is 4.31 Å². The molecule has 2 amide bonds. The number of ketones is 1. The molecule has 3 fully saturated rings. The number of piperidine rings is 1. The first-order chi connectivity index (χ1) is 17.0. The molecule has 3 aliphatic heterocycles. The van der Waals surface area contributed by atoms with Crippen molar-refractivity contribution in [3.8, 4) is 0 Å². The minimum absolute atomic E-state index is 0.0229. The molecule has 1 N–H and O–H groups in total. The van der Waals surface area contributed by atoms with Gasteiger partial charge in [-0.1, -0.05) is 11.6 Å². The van der Waals surface area contributed by atoms with Gasteiger partial charge in [-0.3, -0.25) is 14.4 Å². The number of likely N-dealkylation sites (tertiary alicyclic amines) is 1. The number of aromatic amines is 1. The molecule has 4 heterocycles. The molecule has 2 aromatic rings. The van der Waals surface area contributed by atoms with Gasteiger partial charge in [0.2, 0.25) is 11.7 Å². The number of carbonyl (C=O) groups is 3. The standard InChI is InChI=1S/C23H27ClN4O7S/c1-15(29)21(31)26-7-5-22(6-8-26)12-28-20(30)11-27(13-23(28,35-22)14-34-2)36(32,33)19-10-16-9-17(24)3-4-18(16)25-19/h3-4,9-10,25H,5-8,11-14H2,1-2H3. The number of nitrogens with zero attached hydrogens (tertiary/aromatic N) is 3. The van der Waals surface area contributed by atoms with Crippen LogP contribution < -0.4 is 0 Å². The van der Waals surface area contributed by atoms with Gasteiger partial charge in [0.15, 0.2) is 5.72 Å². The van der Waals surface area contributed by atoms with Gasteiger partial charge in [-0.05, 0) is 37.1 Å². The summed E-state index contributed by atoms with van der Waals surface area (Å²) in [5, 5.41) is 1.08. The molecule has 3 aliphatic rings. The van der Waals surface area contributed by atoms with Crippen molar-refractivity contribution in [2.24, 2.45) is 0 Å². The van der Waals surface area contributed by atoms with Crippen molar-refractivity contribution >= 4 is 50.1 Å². The quantitative estimate of drug-likeness (QED) is 0.562. The number of piperazine rings is 1. The molecule has 13 heteroatoms. The molecule has 0 saturated carbocycles. The van der Waals surface area contributed by atoms with Crippen molar-refractivity contribution < 1.29 is 32.3 Å². The lowest BCUT2D eigenvalue weighted by atomic mass is 9.91. The van der Waals surface area contributed by atoms with Crippen LogP contribution in [0.4, 0.5) is 0 Å². The van der Waals surface area contributed by atoms with Crippen LogP contribution in [-0.2, 0) is 33.9 Å². The first-order valence-electron chi connectivity index (χ1n) is 11.6. The van der Waals surface area contributed by atoms with E-state index in [1.54, 1.807) is 23.1 Å². The summed E-state index contributed by atoms with van der Waals surface area (Å²) in [6, 6.07) is 6.51. The highest BCUT2D eigenvalue weighted by molar-refractivity contribution is 7.89. The van der Waals surface area contributed by atoms with Crippen LogP contribution in [0.2, 0.25) is 5.02 Å². The number of methoxy groups -OCH3 is 1. The zero-order chi connectivity index (χ0) is 25.9. The van der Waals surface area contributed by atoms with E-state index in [1.807, 2.05) is 0 Å². The molecular formula is C23H27ClN4O7S. The minimum Gasteiger partial charge on any atom is -0.380 e. The molecule has 11 nitrogen and oxygen atoms in total. The van der Waals surface area contributed by atoms with Crippen LogP contribution in [0.1, 0.15) is 19.8 Å². The van der Waals surface area contributed by atoms with Gasteiger partial charge in [0.1, 0.15) is 5.03 Å². The molecule has 1 aromatic heterocycles. The number of halogens is 1. The number of rotatable bonds is 5. The molecule has 36 heavy (non-hydrogen) atoms. The lowest BCUT2D eigenvalue weighted by molar-refractivity contribution is -0.198. The third kappa shape index (κ3) is 4.10. The molecule has 1 atom stereocenters. The maximum Gasteiger partial charge on any atom is 0.289 e. The van der Waals surface area contributed by atoms with E-state index in [9.17, 15) is 22.8 Å². The summed E-state index contributed by atoms with van der Waals surface area (Å²) in [5.74, 6) is -1.46. The van der Waals surface area contributed by atoms with Crippen LogP contribution in [0.3, 0.4) is 0 Å². The van der Waals surface area contributed by atoms with Crippen molar-refractivity contribution in [1.82, 2.24) is 19.1 Å². The molecule has 1 unspecified atom stereocenters. The number of carbonyl (C=O) groups excluding carboxylic acids is 3. The first kappa shape index (κ1) is 25.2. The van der Waals surface area contributed by atoms with Gasteiger partial charge >= 0.3 is 0 Å². The van der Waals surface area contributed by atoms with Gasteiger partial charge in [0.25, 0.3) is 15.9 Å².